The van der Waals surface area contributed by atoms with E-state index in [4.69, 9.17) is 0 Å². The second-order valence-electron chi connectivity index (χ2n) is 8.64. The predicted molar refractivity (Wildman–Crippen MR) is 137 cm³/mol. The van der Waals surface area contributed by atoms with Gasteiger partial charge in [-0.15, -0.1) is 24.0 Å². The van der Waals surface area contributed by atoms with Crippen molar-refractivity contribution >= 4 is 29.9 Å². The van der Waals surface area contributed by atoms with E-state index in [1.807, 2.05) is 7.05 Å². The van der Waals surface area contributed by atoms with Crippen molar-refractivity contribution < 1.29 is 0 Å². The predicted octanol–water partition coefficient (Wildman–Crippen LogP) is 4.07. The number of likely N-dealkylation sites (tertiary alicyclic amines) is 1. The highest BCUT2D eigenvalue weighted by atomic mass is 127. The molecule has 1 aliphatic carbocycles. The van der Waals surface area contributed by atoms with Gasteiger partial charge in [-0.05, 0) is 49.3 Å². The van der Waals surface area contributed by atoms with Gasteiger partial charge in [0.15, 0.2) is 5.96 Å². The van der Waals surface area contributed by atoms with E-state index in [0.29, 0.717) is 11.3 Å². The molecule has 0 spiro atoms. The highest BCUT2D eigenvalue weighted by molar-refractivity contribution is 14.0. The van der Waals surface area contributed by atoms with Crippen LogP contribution in [0.25, 0.3) is 0 Å². The van der Waals surface area contributed by atoms with Crippen LogP contribution < -0.4 is 10.6 Å². The standard InChI is InChI=1S/C25H34N4.HI/c1-26-24(28-20-25(14-15-25)23-10-6-3-7-11-23)27-18-22-13-17-29(19-22)16-12-21-8-4-2-5-9-21;/h2-11,22H,12-20H2,1H3,(H2,26,27,28);1H. The van der Waals surface area contributed by atoms with E-state index in [1.165, 1.54) is 43.5 Å². The summed E-state index contributed by atoms with van der Waals surface area (Å²) in [4.78, 5) is 7.05. The van der Waals surface area contributed by atoms with Crippen molar-refractivity contribution in [1.82, 2.24) is 15.5 Å². The molecule has 0 radical (unpaired) electrons. The zero-order chi connectivity index (χ0) is 19.9. The third kappa shape index (κ3) is 6.20. The molecular formula is C25H35IN4. The highest BCUT2D eigenvalue weighted by Crippen LogP contribution is 2.47. The van der Waals surface area contributed by atoms with E-state index >= 15 is 0 Å². The number of benzene rings is 2. The molecule has 0 amide bonds. The zero-order valence-electron chi connectivity index (χ0n) is 18.0. The minimum absolute atomic E-state index is 0. The number of hydrogen-bond acceptors (Lipinski definition) is 2. The van der Waals surface area contributed by atoms with Crippen LogP contribution in [0.4, 0.5) is 0 Å². The Hall–Kier alpha value is -1.60. The van der Waals surface area contributed by atoms with Crippen LogP contribution in [0.2, 0.25) is 0 Å². The van der Waals surface area contributed by atoms with Gasteiger partial charge in [0.05, 0.1) is 0 Å². The second-order valence-corrected chi connectivity index (χ2v) is 8.64. The fourth-order valence-electron chi connectivity index (χ4n) is 4.44. The smallest absolute Gasteiger partial charge is 0.191 e. The normalized spacial score (nSPS) is 20.4. The maximum absolute atomic E-state index is 4.45. The molecule has 1 unspecified atom stereocenters. The Bertz CT molecular complexity index is 789. The Morgan fingerprint density at radius 1 is 1.03 bits per heavy atom. The number of rotatable bonds is 8. The van der Waals surface area contributed by atoms with Crippen LogP contribution >= 0.6 is 24.0 Å². The van der Waals surface area contributed by atoms with Crippen molar-refractivity contribution in [3.05, 3.63) is 71.8 Å². The molecule has 1 saturated carbocycles. The van der Waals surface area contributed by atoms with E-state index in [2.05, 4.69) is 81.2 Å². The molecule has 5 heteroatoms. The van der Waals surface area contributed by atoms with Crippen LogP contribution in [0, 0.1) is 5.92 Å². The van der Waals surface area contributed by atoms with Gasteiger partial charge in [0.2, 0.25) is 0 Å². The van der Waals surface area contributed by atoms with Crippen molar-refractivity contribution in [2.24, 2.45) is 10.9 Å². The number of halogens is 1. The van der Waals surface area contributed by atoms with E-state index < -0.39 is 0 Å². The molecule has 2 N–H and O–H groups in total. The number of nitrogens with one attached hydrogen (secondary N) is 2. The van der Waals surface area contributed by atoms with Crippen LogP contribution in [0.1, 0.15) is 30.4 Å². The fourth-order valence-corrected chi connectivity index (χ4v) is 4.44. The van der Waals surface area contributed by atoms with E-state index in [-0.39, 0.29) is 24.0 Å². The van der Waals surface area contributed by atoms with Crippen LogP contribution in [0.3, 0.4) is 0 Å². The SMILES string of the molecule is CN=C(NCC1CCN(CCc2ccccc2)C1)NCC1(c2ccccc2)CC1.I. The molecule has 1 atom stereocenters. The first kappa shape index (κ1) is 23.1. The Balaban J connectivity index is 0.00000256. The molecule has 2 aromatic rings. The van der Waals surface area contributed by atoms with E-state index in [0.717, 1.165) is 32.0 Å². The summed E-state index contributed by atoms with van der Waals surface area (Å²) >= 11 is 0. The van der Waals surface area contributed by atoms with Gasteiger partial charge >= 0.3 is 0 Å². The first-order valence-corrected chi connectivity index (χ1v) is 11.0. The second kappa shape index (κ2) is 11.1. The van der Waals surface area contributed by atoms with Crippen molar-refractivity contribution in [3.63, 3.8) is 0 Å². The average molecular weight is 518 g/mol. The van der Waals surface area contributed by atoms with Crippen molar-refractivity contribution in [2.45, 2.75) is 31.1 Å². The van der Waals surface area contributed by atoms with Crippen molar-refractivity contribution in [3.8, 4) is 0 Å². The maximum atomic E-state index is 4.45. The van der Waals surface area contributed by atoms with Gasteiger partial charge < -0.3 is 15.5 Å². The molecule has 162 valence electrons. The molecule has 4 nitrogen and oxygen atoms in total. The number of hydrogen-bond donors (Lipinski definition) is 2. The van der Waals surface area contributed by atoms with Gasteiger partial charge in [0, 0.05) is 38.6 Å². The minimum Gasteiger partial charge on any atom is -0.356 e. The number of nitrogens with zero attached hydrogens (tertiary/aromatic N) is 2. The van der Waals surface area contributed by atoms with Crippen LogP contribution in [-0.4, -0.2) is 50.6 Å². The molecule has 30 heavy (non-hydrogen) atoms. The van der Waals surface area contributed by atoms with Gasteiger partial charge in [-0.2, -0.15) is 0 Å². The Labute approximate surface area is 198 Å². The van der Waals surface area contributed by atoms with E-state index in [9.17, 15) is 0 Å². The summed E-state index contributed by atoms with van der Waals surface area (Å²) in [6.07, 6.45) is 4.94. The largest absolute Gasteiger partial charge is 0.356 e. The lowest BCUT2D eigenvalue weighted by Gasteiger charge is -2.20. The third-order valence-corrected chi connectivity index (χ3v) is 6.55. The lowest BCUT2D eigenvalue weighted by molar-refractivity contribution is 0.328. The molecule has 0 aromatic heterocycles. The van der Waals surface area contributed by atoms with Crippen molar-refractivity contribution in [1.29, 1.82) is 0 Å². The first-order chi connectivity index (χ1) is 14.3. The molecule has 1 saturated heterocycles. The summed E-state index contributed by atoms with van der Waals surface area (Å²) in [5, 5.41) is 7.15. The summed E-state index contributed by atoms with van der Waals surface area (Å²) < 4.78 is 0. The zero-order valence-corrected chi connectivity index (χ0v) is 20.3. The Morgan fingerprint density at radius 3 is 2.40 bits per heavy atom. The third-order valence-electron chi connectivity index (χ3n) is 6.55. The molecular weight excluding hydrogens is 483 g/mol. The summed E-state index contributed by atoms with van der Waals surface area (Å²) in [5.74, 6) is 1.64. The summed E-state index contributed by atoms with van der Waals surface area (Å²) in [5.41, 5.74) is 3.19. The topological polar surface area (TPSA) is 39.7 Å². The maximum Gasteiger partial charge on any atom is 0.191 e. The van der Waals surface area contributed by atoms with Gasteiger partial charge in [-0.25, -0.2) is 0 Å². The molecule has 4 rings (SSSR count). The molecule has 1 heterocycles. The fraction of sp³-hybridized carbons (Fsp3) is 0.480. The average Bonchev–Trinajstić information content (AvgIpc) is 3.44. The highest BCUT2D eigenvalue weighted by Gasteiger charge is 2.44. The first-order valence-electron chi connectivity index (χ1n) is 11.0. The van der Waals surface area contributed by atoms with Gasteiger partial charge in [-0.1, -0.05) is 60.7 Å². The van der Waals surface area contributed by atoms with Gasteiger partial charge in [-0.3, -0.25) is 4.99 Å². The Kier molecular flexibility index (Phi) is 8.57. The van der Waals surface area contributed by atoms with Crippen molar-refractivity contribution in [2.75, 3.05) is 39.8 Å². The lowest BCUT2D eigenvalue weighted by atomic mass is 9.96. The Morgan fingerprint density at radius 2 is 1.73 bits per heavy atom. The van der Waals surface area contributed by atoms with Crippen LogP contribution in [-0.2, 0) is 11.8 Å². The lowest BCUT2D eigenvalue weighted by Crippen LogP contribution is -2.43. The summed E-state index contributed by atoms with van der Waals surface area (Å²) in [6, 6.07) is 21.7. The number of aliphatic imine (C=N–C) groups is 1. The molecule has 2 fully saturated rings. The monoisotopic (exact) mass is 518 g/mol. The molecule has 0 bridgehead atoms. The van der Waals surface area contributed by atoms with E-state index in [1.54, 1.807) is 0 Å². The van der Waals surface area contributed by atoms with Crippen LogP contribution in [0.5, 0.6) is 0 Å². The van der Waals surface area contributed by atoms with Gasteiger partial charge in [0.25, 0.3) is 0 Å². The van der Waals surface area contributed by atoms with Gasteiger partial charge in [0.1, 0.15) is 0 Å². The molecule has 2 aromatic carbocycles. The molecule has 1 aliphatic heterocycles. The number of guanidine groups is 1. The molecule has 2 aliphatic rings. The summed E-state index contributed by atoms with van der Waals surface area (Å²) in [7, 11) is 1.87. The minimum atomic E-state index is 0. The van der Waals surface area contributed by atoms with Crippen LogP contribution in [0.15, 0.2) is 65.7 Å². The quantitative estimate of drug-likeness (QED) is 0.315. The summed E-state index contributed by atoms with van der Waals surface area (Å²) in [6.45, 7) is 5.52.